The van der Waals surface area contributed by atoms with Gasteiger partial charge in [-0.05, 0) is 32.5 Å². The summed E-state index contributed by atoms with van der Waals surface area (Å²) in [5.74, 6) is 2.92. The second-order valence-corrected chi connectivity index (χ2v) is 6.02. The van der Waals surface area contributed by atoms with Crippen molar-refractivity contribution in [1.82, 2.24) is 10.3 Å². The van der Waals surface area contributed by atoms with Crippen LogP contribution in [0, 0.1) is 0 Å². The predicted octanol–water partition coefficient (Wildman–Crippen LogP) is 2.26. The predicted molar refractivity (Wildman–Crippen MR) is 78.9 cm³/mol. The molecule has 0 spiro atoms. The first-order valence-corrected chi connectivity index (χ1v) is 7.84. The summed E-state index contributed by atoms with van der Waals surface area (Å²) in [5, 5.41) is 3.33. The highest BCUT2D eigenvalue weighted by atomic mass is 32.2. The van der Waals surface area contributed by atoms with Crippen LogP contribution in [0.5, 0.6) is 5.75 Å². The lowest BCUT2D eigenvalue weighted by atomic mass is 10.0. The average molecular weight is 282 g/mol. The maximum atomic E-state index is 5.85. The van der Waals surface area contributed by atoms with Gasteiger partial charge in [0.2, 0.25) is 0 Å². The van der Waals surface area contributed by atoms with E-state index in [2.05, 4.69) is 16.4 Å². The van der Waals surface area contributed by atoms with E-state index in [1.54, 1.807) is 6.20 Å². The third kappa shape index (κ3) is 4.09. The van der Waals surface area contributed by atoms with Crippen molar-refractivity contribution in [3.8, 4) is 5.75 Å². The van der Waals surface area contributed by atoms with E-state index in [4.69, 9.17) is 9.47 Å². The van der Waals surface area contributed by atoms with Crippen LogP contribution in [0.4, 0.5) is 0 Å². The second-order valence-electron chi connectivity index (χ2n) is 4.87. The molecule has 1 saturated heterocycles. The molecule has 1 aliphatic heterocycles. The molecule has 1 fully saturated rings. The molecule has 2 rings (SSSR count). The number of aromatic nitrogens is 1. The number of nitrogens with one attached hydrogen (secondary N) is 1. The van der Waals surface area contributed by atoms with Gasteiger partial charge in [0.05, 0.1) is 31.1 Å². The zero-order valence-corrected chi connectivity index (χ0v) is 12.6. The maximum Gasteiger partial charge on any atom is 0.138 e. The van der Waals surface area contributed by atoms with E-state index < -0.39 is 0 Å². The Balaban J connectivity index is 2.12. The van der Waals surface area contributed by atoms with Crippen LogP contribution in [0.15, 0.2) is 18.5 Å². The highest BCUT2D eigenvalue weighted by molar-refractivity contribution is 7.99. The lowest BCUT2D eigenvalue weighted by Crippen LogP contribution is -2.36. The molecule has 1 aliphatic rings. The van der Waals surface area contributed by atoms with Crippen LogP contribution < -0.4 is 10.1 Å². The first kappa shape index (κ1) is 14.6. The summed E-state index contributed by atoms with van der Waals surface area (Å²) >= 11 is 1.94. The first-order valence-electron chi connectivity index (χ1n) is 6.69. The number of hydrogen-bond donors (Lipinski definition) is 1. The SMILES string of the molecule is CNC(c1cncc(OC(C)C)c1)C1CSCCO1. The molecule has 0 saturated carbocycles. The summed E-state index contributed by atoms with van der Waals surface area (Å²) in [6.45, 7) is 4.86. The van der Waals surface area contributed by atoms with Gasteiger partial charge in [0, 0.05) is 17.7 Å². The normalized spacial score (nSPS) is 21.4. The largest absolute Gasteiger partial charge is 0.489 e. The molecule has 2 unspecified atom stereocenters. The Kier molecular flexibility index (Phi) is 5.48. The zero-order chi connectivity index (χ0) is 13.7. The van der Waals surface area contributed by atoms with Crippen LogP contribution in [0.1, 0.15) is 25.5 Å². The van der Waals surface area contributed by atoms with Crippen LogP contribution >= 0.6 is 11.8 Å². The maximum absolute atomic E-state index is 5.85. The fourth-order valence-corrected chi connectivity index (χ4v) is 3.11. The van der Waals surface area contributed by atoms with Gasteiger partial charge in [-0.1, -0.05) is 0 Å². The Hall–Kier alpha value is -0.780. The summed E-state index contributed by atoms with van der Waals surface area (Å²) in [6, 6.07) is 2.22. The monoisotopic (exact) mass is 282 g/mol. The molecule has 0 radical (unpaired) electrons. The van der Waals surface area contributed by atoms with E-state index in [1.165, 1.54) is 0 Å². The summed E-state index contributed by atoms with van der Waals surface area (Å²) < 4.78 is 11.6. The topological polar surface area (TPSA) is 43.4 Å². The molecule has 1 N–H and O–H groups in total. The number of pyridine rings is 1. The van der Waals surface area contributed by atoms with Gasteiger partial charge in [0.25, 0.3) is 0 Å². The van der Waals surface area contributed by atoms with E-state index in [0.29, 0.717) is 0 Å². The van der Waals surface area contributed by atoms with Crippen molar-refractivity contribution in [1.29, 1.82) is 0 Å². The van der Waals surface area contributed by atoms with Crippen molar-refractivity contribution in [2.45, 2.75) is 32.1 Å². The van der Waals surface area contributed by atoms with Gasteiger partial charge >= 0.3 is 0 Å². The van der Waals surface area contributed by atoms with E-state index in [9.17, 15) is 0 Å². The Morgan fingerprint density at radius 3 is 2.95 bits per heavy atom. The van der Waals surface area contributed by atoms with Crippen LogP contribution in [0.25, 0.3) is 0 Å². The fraction of sp³-hybridized carbons (Fsp3) is 0.643. The van der Waals surface area contributed by atoms with E-state index >= 15 is 0 Å². The van der Waals surface area contributed by atoms with Gasteiger partial charge in [-0.3, -0.25) is 4.98 Å². The lowest BCUT2D eigenvalue weighted by Gasteiger charge is -2.30. The molecule has 0 amide bonds. The Morgan fingerprint density at radius 2 is 2.32 bits per heavy atom. The Labute approximate surface area is 119 Å². The number of hydrogen-bond acceptors (Lipinski definition) is 5. The van der Waals surface area contributed by atoms with Gasteiger partial charge in [-0.15, -0.1) is 0 Å². The number of thioether (sulfide) groups is 1. The third-order valence-electron chi connectivity index (χ3n) is 2.99. The summed E-state index contributed by atoms with van der Waals surface area (Å²) in [4.78, 5) is 4.27. The lowest BCUT2D eigenvalue weighted by molar-refractivity contribution is 0.0487. The fourth-order valence-electron chi connectivity index (χ4n) is 2.21. The van der Waals surface area contributed by atoms with Crippen molar-refractivity contribution >= 4 is 11.8 Å². The number of ether oxygens (including phenoxy) is 2. The van der Waals surface area contributed by atoms with Gasteiger partial charge in [-0.25, -0.2) is 0 Å². The minimum atomic E-state index is 0.159. The van der Waals surface area contributed by atoms with E-state index in [1.807, 2.05) is 38.9 Å². The molecular formula is C14H22N2O2S. The molecule has 2 heterocycles. The molecule has 0 aliphatic carbocycles. The molecule has 1 aromatic heterocycles. The minimum Gasteiger partial charge on any atom is -0.489 e. The smallest absolute Gasteiger partial charge is 0.138 e. The number of rotatable bonds is 5. The van der Waals surface area contributed by atoms with Crippen molar-refractivity contribution in [3.05, 3.63) is 24.0 Å². The van der Waals surface area contributed by atoms with Crippen LogP contribution in [0.3, 0.4) is 0 Å². The van der Waals surface area contributed by atoms with E-state index in [-0.39, 0.29) is 18.2 Å². The Morgan fingerprint density at radius 1 is 1.47 bits per heavy atom. The van der Waals surface area contributed by atoms with Crippen LogP contribution in [0.2, 0.25) is 0 Å². The molecular weight excluding hydrogens is 260 g/mol. The van der Waals surface area contributed by atoms with E-state index in [0.717, 1.165) is 29.4 Å². The molecule has 5 heteroatoms. The van der Waals surface area contributed by atoms with Crippen molar-refractivity contribution < 1.29 is 9.47 Å². The highest BCUT2D eigenvalue weighted by Gasteiger charge is 2.25. The molecule has 106 valence electrons. The molecule has 1 aromatic rings. The standard InChI is InChI=1S/C14H22N2O2S/c1-10(2)18-12-6-11(7-16-8-12)14(15-3)13-9-19-5-4-17-13/h6-8,10,13-15H,4-5,9H2,1-3H3. The molecule has 0 aromatic carbocycles. The molecule has 2 atom stereocenters. The van der Waals surface area contributed by atoms with Crippen LogP contribution in [-0.4, -0.2) is 42.4 Å². The van der Waals surface area contributed by atoms with Gasteiger partial charge in [-0.2, -0.15) is 11.8 Å². The summed E-state index contributed by atoms with van der Waals surface area (Å²) in [6.07, 6.45) is 4.00. The number of likely N-dealkylation sites (N-methyl/N-ethyl adjacent to an activating group) is 1. The van der Waals surface area contributed by atoms with Gasteiger partial charge < -0.3 is 14.8 Å². The zero-order valence-electron chi connectivity index (χ0n) is 11.8. The third-order valence-corrected chi connectivity index (χ3v) is 4.01. The first-order chi connectivity index (χ1) is 9.20. The highest BCUT2D eigenvalue weighted by Crippen LogP contribution is 2.27. The van der Waals surface area contributed by atoms with Gasteiger partial charge in [0.15, 0.2) is 0 Å². The average Bonchev–Trinajstić information content (AvgIpc) is 2.40. The molecule has 4 nitrogen and oxygen atoms in total. The molecule has 0 bridgehead atoms. The van der Waals surface area contributed by atoms with Crippen molar-refractivity contribution in [3.63, 3.8) is 0 Å². The molecule has 19 heavy (non-hydrogen) atoms. The number of nitrogens with zero attached hydrogens (tertiary/aromatic N) is 1. The minimum absolute atomic E-state index is 0.159. The quantitative estimate of drug-likeness (QED) is 0.897. The van der Waals surface area contributed by atoms with Crippen molar-refractivity contribution in [2.24, 2.45) is 0 Å². The second kappa shape index (κ2) is 7.12. The van der Waals surface area contributed by atoms with Crippen molar-refractivity contribution in [2.75, 3.05) is 25.2 Å². The summed E-state index contributed by atoms with van der Waals surface area (Å²) in [7, 11) is 1.96. The van der Waals surface area contributed by atoms with Gasteiger partial charge in [0.1, 0.15) is 5.75 Å². The summed E-state index contributed by atoms with van der Waals surface area (Å²) in [5.41, 5.74) is 1.12. The Bertz CT molecular complexity index is 395. The van der Waals surface area contributed by atoms with Crippen LogP contribution in [-0.2, 0) is 4.74 Å².